The van der Waals surface area contributed by atoms with Crippen molar-refractivity contribution in [3.8, 4) is 34.2 Å². The van der Waals surface area contributed by atoms with Crippen molar-refractivity contribution >= 4 is 34.1 Å². The normalized spacial score (nSPS) is 12.2. The molecular formula is C20H12F2N4O4S2. The second-order valence-electron chi connectivity index (χ2n) is 6.44. The zero-order valence-corrected chi connectivity index (χ0v) is 17.6. The molecule has 0 aliphatic carbocycles. The van der Waals surface area contributed by atoms with Crippen molar-refractivity contribution in [1.82, 2.24) is 15.2 Å². The Morgan fingerprint density at radius 3 is 2.78 bits per heavy atom. The highest BCUT2D eigenvalue weighted by Gasteiger charge is 2.17. The number of carbonyl (C=O) groups excluding carboxylic acids is 1. The minimum absolute atomic E-state index is 0.0167. The molecule has 1 amide bonds. The summed E-state index contributed by atoms with van der Waals surface area (Å²) in [6.07, 6.45) is 0. The predicted octanol–water partition coefficient (Wildman–Crippen LogP) is 4.60. The number of nitrogens with one attached hydrogen (secondary N) is 1. The minimum atomic E-state index is -0.961. The number of amides is 1. The van der Waals surface area contributed by atoms with Gasteiger partial charge in [0.25, 0.3) is 5.22 Å². The number of aromatic nitrogens is 3. The number of thioether (sulfide) groups is 1. The number of rotatable bonds is 6. The first-order valence-electron chi connectivity index (χ1n) is 9.12. The monoisotopic (exact) mass is 474 g/mol. The number of halogens is 2. The van der Waals surface area contributed by atoms with Gasteiger partial charge in [0.2, 0.25) is 18.6 Å². The molecule has 8 nitrogen and oxygen atoms in total. The van der Waals surface area contributed by atoms with Crippen molar-refractivity contribution in [3.63, 3.8) is 0 Å². The summed E-state index contributed by atoms with van der Waals surface area (Å²) in [5.74, 6) is -0.668. The Kier molecular flexibility index (Phi) is 5.45. The average Bonchev–Trinajstić information content (AvgIpc) is 3.54. The van der Waals surface area contributed by atoms with Gasteiger partial charge in [-0.05, 0) is 36.4 Å². The molecule has 0 unspecified atom stereocenters. The van der Waals surface area contributed by atoms with Gasteiger partial charge in [-0.1, -0.05) is 11.8 Å². The third kappa shape index (κ3) is 4.27. The molecule has 3 heterocycles. The molecule has 4 aromatic rings. The summed E-state index contributed by atoms with van der Waals surface area (Å²) in [4.78, 5) is 16.5. The number of thiazole rings is 1. The Hall–Kier alpha value is -3.51. The van der Waals surface area contributed by atoms with Gasteiger partial charge in [-0.2, -0.15) is 0 Å². The van der Waals surface area contributed by atoms with E-state index in [0.29, 0.717) is 39.3 Å². The number of anilines is 1. The molecule has 2 aromatic carbocycles. The molecule has 0 bridgehead atoms. The van der Waals surface area contributed by atoms with E-state index in [1.807, 2.05) is 0 Å². The van der Waals surface area contributed by atoms with Crippen molar-refractivity contribution in [3.05, 3.63) is 53.4 Å². The number of nitrogens with zero attached hydrogens (tertiary/aromatic N) is 3. The van der Waals surface area contributed by atoms with Crippen molar-refractivity contribution in [2.45, 2.75) is 5.22 Å². The fourth-order valence-corrected chi connectivity index (χ4v) is 4.12. The maximum Gasteiger partial charge on any atom is 0.277 e. The minimum Gasteiger partial charge on any atom is -0.454 e. The molecule has 1 aliphatic heterocycles. The molecule has 12 heteroatoms. The molecule has 0 atom stereocenters. The maximum absolute atomic E-state index is 13.4. The third-order valence-electron chi connectivity index (χ3n) is 4.32. The second kappa shape index (κ2) is 8.55. The number of ether oxygens (including phenoxy) is 2. The summed E-state index contributed by atoms with van der Waals surface area (Å²) in [5.41, 5.74) is 1.52. The van der Waals surface area contributed by atoms with E-state index in [9.17, 15) is 13.6 Å². The number of benzene rings is 2. The maximum atomic E-state index is 13.4. The molecule has 0 radical (unpaired) electrons. The van der Waals surface area contributed by atoms with E-state index in [0.717, 1.165) is 23.9 Å². The zero-order valence-electron chi connectivity index (χ0n) is 16.0. The molecule has 0 spiro atoms. The second-order valence-corrected chi connectivity index (χ2v) is 8.23. The van der Waals surface area contributed by atoms with Crippen LogP contribution in [0, 0.1) is 11.6 Å². The Labute approximate surface area is 187 Å². The standard InChI is InChI=1S/C20H12F2N4O4S2/c21-12-3-1-10(5-13(12)22)14-7-31-19(23-14)24-17(27)8-32-20-26-25-18(30-20)11-2-4-15-16(6-11)29-9-28-15/h1-7H,8-9H2,(H,23,24,27). The van der Waals surface area contributed by atoms with Crippen LogP contribution in [0.3, 0.4) is 0 Å². The molecule has 32 heavy (non-hydrogen) atoms. The first-order valence-corrected chi connectivity index (χ1v) is 11.0. The van der Waals surface area contributed by atoms with Gasteiger partial charge in [0.1, 0.15) is 0 Å². The molecule has 1 N–H and O–H groups in total. The Morgan fingerprint density at radius 1 is 1.06 bits per heavy atom. The first kappa shape index (κ1) is 20.4. The SMILES string of the molecule is O=C(CSc1nnc(-c2ccc3c(c2)OCO3)o1)Nc1nc(-c2ccc(F)c(F)c2)cs1. The molecule has 0 fully saturated rings. The highest BCUT2D eigenvalue weighted by atomic mass is 32.2. The summed E-state index contributed by atoms with van der Waals surface area (Å²) < 4.78 is 42.7. The van der Waals surface area contributed by atoms with Gasteiger partial charge in [0, 0.05) is 16.5 Å². The lowest BCUT2D eigenvalue weighted by molar-refractivity contribution is -0.113. The van der Waals surface area contributed by atoms with Crippen molar-refractivity contribution in [2.75, 3.05) is 17.9 Å². The fraction of sp³-hybridized carbons (Fsp3) is 0.100. The lowest BCUT2D eigenvalue weighted by atomic mass is 10.2. The highest BCUT2D eigenvalue weighted by molar-refractivity contribution is 7.99. The van der Waals surface area contributed by atoms with Crippen LogP contribution in [0.1, 0.15) is 0 Å². The van der Waals surface area contributed by atoms with Crippen LogP contribution in [0.15, 0.2) is 51.4 Å². The van der Waals surface area contributed by atoms with E-state index >= 15 is 0 Å². The summed E-state index contributed by atoms with van der Waals surface area (Å²) >= 11 is 2.25. The third-order valence-corrected chi connectivity index (χ3v) is 5.89. The average molecular weight is 474 g/mol. The number of fused-ring (bicyclic) bond motifs is 1. The van der Waals surface area contributed by atoms with Gasteiger partial charge in [0.05, 0.1) is 11.4 Å². The van der Waals surface area contributed by atoms with Crippen molar-refractivity contribution in [2.24, 2.45) is 0 Å². The number of carbonyl (C=O) groups is 1. The van der Waals surface area contributed by atoms with E-state index in [2.05, 4.69) is 20.5 Å². The van der Waals surface area contributed by atoms with Gasteiger partial charge in [-0.3, -0.25) is 4.79 Å². The van der Waals surface area contributed by atoms with Gasteiger partial charge < -0.3 is 19.2 Å². The van der Waals surface area contributed by atoms with Gasteiger partial charge in [0.15, 0.2) is 28.3 Å². The van der Waals surface area contributed by atoms with E-state index < -0.39 is 11.6 Å². The van der Waals surface area contributed by atoms with Crippen LogP contribution in [0.5, 0.6) is 11.5 Å². The van der Waals surface area contributed by atoms with Crippen LogP contribution < -0.4 is 14.8 Å². The van der Waals surface area contributed by atoms with E-state index in [4.69, 9.17) is 13.9 Å². The van der Waals surface area contributed by atoms with Gasteiger partial charge in [-0.25, -0.2) is 13.8 Å². The van der Waals surface area contributed by atoms with Crippen LogP contribution in [0.25, 0.3) is 22.7 Å². The molecule has 2 aromatic heterocycles. The summed E-state index contributed by atoms with van der Waals surface area (Å²) in [5, 5.41) is 12.8. The summed E-state index contributed by atoms with van der Waals surface area (Å²) in [6, 6.07) is 8.77. The largest absolute Gasteiger partial charge is 0.454 e. The number of hydrogen-bond donors (Lipinski definition) is 1. The summed E-state index contributed by atoms with van der Waals surface area (Å²) in [6.45, 7) is 0.167. The Bertz CT molecular complexity index is 1310. The molecule has 0 saturated carbocycles. The smallest absolute Gasteiger partial charge is 0.277 e. The van der Waals surface area contributed by atoms with Crippen LogP contribution in [-0.4, -0.2) is 33.6 Å². The Balaban J connectivity index is 1.18. The first-order chi connectivity index (χ1) is 15.5. The van der Waals surface area contributed by atoms with E-state index in [1.54, 1.807) is 23.6 Å². The zero-order chi connectivity index (χ0) is 22.1. The Morgan fingerprint density at radius 2 is 1.91 bits per heavy atom. The van der Waals surface area contributed by atoms with Crippen molar-refractivity contribution < 1.29 is 27.5 Å². The van der Waals surface area contributed by atoms with Crippen LogP contribution in [0.2, 0.25) is 0 Å². The number of hydrogen-bond acceptors (Lipinski definition) is 9. The molecular weight excluding hydrogens is 462 g/mol. The lowest BCUT2D eigenvalue weighted by Gasteiger charge is -2.00. The topological polar surface area (TPSA) is 99.4 Å². The predicted molar refractivity (Wildman–Crippen MR) is 113 cm³/mol. The van der Waals surface area contributed by atoms with Crippen LogP contribution >= 0.6 is 23.1 Å². The fourth-order valence-electron chi connectivity index (χ4n) is 2.82. The van der Waals surface area contributed by atoms with Gasteiger partial charge in [-0.15, -0.1) is 21.5 Å². The summed E-state index contributed by atoms with van der Waals surface area (Å²) in [7, 11) is 0. The van der Waals surface area contributed by atoms with Crippen LogP contribution in [-0.2, 0) is 4.79 Å². The lowest BCUT2D eigenvalue weighted by Crippen LogP contribution is -2.13. The van der Waals surface area contributed by atoms with Crippen molar-refractivity contribution in [1.29, 1.82) is 0 Å². The van der Waals surface area contributed by atoms with Crippen LogP contribution in [0.4, 0.5) is 13.9 Å². The van der Waals surface area contributed by atoms with Gasteiger partial charge >= 0.3 is 0 Å². The highest BCUT2D eigenvalue weighted by Crippen LogP contribution is 2.36. The van der Waals surface area contributed by atoms with E-state index in [-0.39, 0.29) is 23.7 Å². The molecule has 0 saturated heterocycles. The molecule has 5 rings (SSSR count). The van der Waals surface area contributed by atoms with E-state index in [1.165, 1.54) is 17.4 Å². The quantitative estimate of drug-likeness (QED) is 0.405. The molecule has 1 aliphatic rings. The molecule has 162 valence electrons.